The Morgan fingerprint density at radius 2 is 1.82 bits per heavy atom. The van der Waals surface area contributed by atoms with Gasteiger partial charge in [-0.15, -0.1) is 0 Å². The molecule has 4 nitrogen and oxygen atoms in total. The maximum absolute atomic E-state index is 11.9. The van der Waals surface area contributed by atoms with Crippen molar-refractivity contribution >= 4 is 5.91 Å². The first-order valence-corrected chi connectivity index (χ1v) is 7.00. The van der Waals surface area contributed by atoms with E-state index in [0.717, 1.165) is 45.2 Å². The Bertz CT molecular complexity index is 255. The number of nitrogens with two attached hydrogens (primary N) is 1. The summed E-state index contributed by atoms with van der Waals surface area (Å²) >= 11 is 0. The van der Waals surface area contributed by atoms with Crippen LogP contribution in [0, 0.1) is 0 Å². The van der Waals surface area contributed by atoms with E-state index in [2.05, 4.69) is 10.2 Å². The number of likely N-dealkylation sites (tertiary alicyclic amines) is 1. The Morgan fingerprint density at radius 3 is 2.47 bits per heavy atom. The van der Waals surface area contributed by atoms with Crippen LogP contribution in [-0.2, 0) is 4.79 Å². The highest BCUT2D eigenvalue weighted by Crippen LogP contribution is 2.27. The molecule has 0 aromatic heterocycles. The zero-order valence-electron chi connectivity index (χ0n) is 10.7. The zero-order valence-corrected chi connectivity index (χ0v) is 10.7. The minimum atomic E-state index is -0.562. The summed E-state index contributed by atoms with van der Waals surface area (Å²) in [6, 6.07) is 0. The Morgan fingerprint density at radius 1 is 1.18 bits per heavy atom. The molecule has 0 bridgehead atoms. The van der Waals surface area contributed by atoms with Crippen molar-refractivity contribution in [1.82, 2.24) is 10.2 Å². The minimum absolute atomic E-state index is 0.0661. The van der Waals surface area contributed by atoms with E-state index >= 15 is 0 Å². The lowest BCUT2D eigenvalue weighted by atomic mass is 9.98. The molecular formula is C13H25N3O. The number of rotatable bonds is 5. The number of hydrogen-bond acceptors (Lipinski definition) is 3. The van der Waals surface area contributed by atoms with Gasteiger partial charge in [-0.1, -0.05) is 12.8 Å². The second-order valence-corrected chi connectivity index (χ2v) is 5.52. The number of hydrogen-bond donors (Lipinski definition) is 2. The van der Waals surface area contributed by atoms with Crippen molar-refractivity contribution in [2.45, 2.75) is 50.5 Å². The number of amides is 1. The van der Waals surface area contributed by atoms with E-state index in [0.29, 0.717) is 0 Å². The van der Waals surface area contributed by atoms with E-state index in [4.69, 9.17) is 5.73 Å². The molecule has 1 amide bonds. The summed E-state index contributed by atoms with van der Waals surface area (Å²) in [7, 11) is 0. The lowest BCUT2D eigenvalue weighted by Crippen LogP contribution is -2.52. The summed E-state index contributed by atoms with van der Waals surface area (Å²) in [6.07, 6.45) is 7.60. The van der Waals surface area contributed by atoms with E-state index < -0.39 is 5.54 Å². The quantitative estimate of drug-likeness (QED) is 0.700. The fourth-order valence-corrected chi connectivity index (χ4v) is 2.92. The van der Waals surface area contributed by atoms with Crippen LogP contribution in [0.3, 0.4) is 0 Å². The van der Waals surface area contributed by atoms with Crippen LogP contribution in [0.5, 0.6) is 0 Å². The van der Waals surface area contributed by atoms with E-state index in [1.807, 2.05) is 0 Å². The third kappa shape index (κ3) is 3.42. The van der Waals surface area contributed by atoms with Crippen LogP contribution >= 0.6 is 0 Å². The first-order valence-electron chi connectivity index (χ1n) is 7.00. The fourth-order valence-electron chi connectivity index (χ4n) is 2.92. The van der Waals surface area contributed by atoms with Crippen molar-refractivity contribution in [3.05, 3.63) is 0 Å². The molecule has 0 atom stereocenters. The highest BCUT2D eigenvalue weighted by Gasteiger charge is 2.36. The molecule has 1 saturated heterocycles. The van der Waals surface area contributed by atoms with E-state index in [1.165, 1.54) is 25.9 Å². The highest BCUT2D eigenvalue weighted by atomic mass is 16.2. The standard InChI is InChI=1S/C13H25N3O/c14-13(6-1-2-7-13)12(17)15-8-5-11-16-9-3-4-10-16/h1-11,14H2,(H,15,17). The SMILES string of the molecule is NC1(C(=O)NCCCN2CCCC2)CCCC1. The summed E-state index contributed by atoms with van der Waals surface area (Å²) in [5.41, 5.74) is 5.52. The fraction of sp³-hybridized carbons (Fsp3) is 0.923. The van der Waals surface area contributed by atoms with Gasteiger partial charge in [0.2, 0.25) is 5.91 Å². The second-order valence-electron chi connectivity index (χ2n) is 5.52. The number of carbonyl (C=O) groups excluding carboxylic acids is 1. The predicted molar refractivity (Wildman–Crippen MR) is 68.7 cm³/mol. The van der Waals surface area contributed by atoms with Gasteiger partial charge in [-0.05, 0) is 51.7 Å². The van der Waals surface area contributed by atoms with Crippen molar-refractivity contribution < 1.29 is 4.79 Å². The van der Waals surface area contributed by atoms with E-state index in [9.17, 15) is 4.79 Å². The molecule has 3 N–H and O–H groups in total. The molecular weight excluding hydrogens is 214 g/mol. The second kappa shape index (κ2) is 5.83. The average molecular weight is 239 g/mol. The zero-order chi connectivity index (χ0) is 12.1. The summed E-state index contributed by atoms with van der Waals surface area (Å²) in [5, 5.41) is 3.00. The monoisotopic (exact) mass is 239 g/mol. The van der Waals surface area contributed by atoms with Crippen molar-refractivity contribution in [3.8, 4) is 0 Å². The first kappa shape index (κ1) is 12.8. The lowest BCUT2D eigenvalue weighted by molar-refractivity contribution is -0.126. The molecule has 1 heterocycles. The minimum Gasteiger partial charge on any atom is -0.354 e. The van der Waals surface area contributed by atoms with Crippen LogP contribution in [0.15, 0.2) is 0 Å². The summed E-state index contributed by atoms with van der Waals surface area (Å²) in [4.78, 5) is 14.4. The molecule has 4 heteroatoms. The Kier molecular flexibility index (Phi) is 4.40. The normalized spacial score (nSPS) is 24.1. The molecule has 17 heavy (non-hydrogen) atoms. The van der Waals surface area contributed by atoms with Crippen molar-refractivity contribution in [1.29, 1.82) is 0 Å². The maximum atomic E-state index is 11.9. The topological polar surface area (TPSA) is 58.4 Å². The van der Waals surface area contributed by atoms with Gasteiger partial charge in [0, 0.05) is 6.54 Å². The molecule has 2 rings (SSSR count). The Hall–Kier alpha value is -0.610. The molecule has 1 aliphatic heterocycles. The largest absolute Gasteiger partial charge is 0.354 e. The number of nitrogens with zero attached hydrogens (tertiary/aromatic N) is 1. The molecule has 0 radical (unpaired) electrons. The smallest absolute Gasteiger partial charge is 0.240 e. The maximum Gasteiger partial charge on any atom is 0.240 e. The van der Waals surface area contributed by atoms with Gasteiger partial charge in [-0.25, -0.2) is 0 Å². The van der Waals surface area contributed by atoms with Gasteiger partial charge in [0.15, 0.2) is 0 Å². The van der Waals surface area contributed by atoms with Crippen molar-refractivity contribution in [2.75, 3.05) is 26.2 Å². The van der Waals surface area contributed by atoms with Crippen LogP contribution < -0.4 is 11.1 Å². The Labute approximate surface area is 104 Å². The summed E-state index contributed by atoms with van der Waals surface area (Å²) in [5.74, 6) is 0.0661. The van der Waals surface area contributed by atoms with Gasteiger partial charge in [0.1, 0.15) is 0 Å². The molecule has 0 spiro atoms. The summed E-state index contributed by atoms with van der Waals surface area (Å²) < 4.78 is 0. The van der Waals surface area contributed by atoms with Crippen LogP contribution in [0.4, 0.5) is 0 Å². The first-order chi connectivity index (χ1) is 8.21. The predicted octanol–water partition coefficient (Wildman–Crippen LogP) is 0.860. The third-order valence-electron chi connectivity index (χ3n) is 4.08. The lowest BCUT2D eigenvalue weighted by Gasteiger charge is -2.22. The number of carbonyl (C=O) groups is 1. The molecule has 1 saturated carbocycles. The van der Waals surface area contributed by atoms with Crippen LogP contribution in [0.1, 0.15) is 44.9 Å². The van der Waals surface area contributed by atoms with Crippen molar-refractivity contribution in [2.24, 2.45) is 5.73 Å². The molecule has 2 fully saturated rings. The molecule has 98 valence electrons. The molecule has 0 aromatic rings. The van der Waals surface area contributed by atoms with Gasteiger partial charge in [0.05, 0.1) is 5.54 Å². The molecule has 1 aliphatic carbocycles. The van der Waals surface area contributed by atoms with Gasteiger partial charge in [0.25, 0.3) is 0 Å². The molecule has 0 aromatic carbocycles. The van der Waals surface area contributed by atoms with E-state index in [1.54, 1.807) is 0 Å². The van der Waals surface area contributed by atoms with Gasteiger partial charge in [-0.3, -0.25) is 4.79 Å². The van der Waals surface area contributed by atoms with Crippen LogP contribution in [-0.4, -0.2) is 42.5 Å². The van der Waals surface area contributed by atoms with E-state index in [-0.39, 0.29) is 5.91 Å². The average Bonchev–Trinajstić information content (AvgIpc) is 2.96. The molecule has 2 aliphatic rings. The number of nitrogens with one attached hydrogen (secondary N) is 1. The third-order valence-corrected chi connectivity index (χ3v) is 4.08. The highest BCUT2D eigenvalue weighted by molar-refractivity contribution is 5.86. The molecule has 0 unspecified atom stereocenters. The van der Waals surface area contributed by atoms with Crippen LogP contribution in [0.2, 0.25) is 0 Å². The van der Waals surface area contributed by atoms with Gasteiger partial charge < -0.3 is 16.0 Å². The Balaban J connectivity index is 1.59. The summed E-state index contributed by atoms with van der Waals surface area (Å²) in [6.45, 7) is 4.34. The van der Waals surface area contributed by atoms with Crippen molar-refractivity contribution in [3.63, 3.8) is 0 Å². The van der Waals surface area contributed by atoms with Crippen LogP contribution in [0.25, 0.3) is 0 Å². The van der Waals surface area contributed by atoms with Gasteiger partial charge >= 0.3 is 0 Å². The van der Waals surface area contributed by atoms with Gasteiger partial charge in [-0.2, -0.15) is 0 Å².